The fourth-order valence-corrected chi connectivity index (χ4v) is 2.56. The molecule has 0 spiro atoms. The molecule has 0 aliphatic carbocycles. The number of halogens is 3. The molecule has 3 aromatic rings. The summed E-state index contributed by atoms with van der Waals surface area (Å²) in [4.78, 5) is 8.70. The molecule has 4 nitrogen and oxygen atoms in total. The van der Waals surface area contributed by atoms with Crippen molar-refractivity contribution in [2.75, 3.05) is 11.9 Å². The molecule has 0 aliphatic heterocycles. The number of unbranched alkanes of at least 4 members (excludes halogenated alkanes) is 1. The lowest BCUT2D eigenvalue weighted by molar-refractivity contribution is -0.137. The number of aromatic nitrogens is 3. The predicted molar refractivity (Wildman–Crippen MR) is 83.6 cm³/mol. The fraction of sp³-hybridized carbons (Fsp3) is 0.375. The number of fused-ring (bicyclic) bond motifs is 3. The molecule has 1 N–H and O–H groups in total. The smallest absolute Gasteiger partial charge is 0.367 e. The second-order valence-corrected chi connectivity index (χ2v) is 5.50. The summed E-state index contributed by atoms with van der Waals surface area (Å²) in [7, 11) is 0. The van der Waals surface area contributed by atoms with Gasteiger partial charge in [-0.25, -0.2) is 9.97 Å². The van der Waals surface area contributed by atoms with Crippen LogP contribution in [0.3, 0.4) is 0 Å². The number of aryl methyl sites for hydroxylation is 1. The summed E-state index contributed by atoms with van der Waals surface area (Å²) in [6.07, 6.45) is -0.722. The van der Waals surface area contributed by atoms with E-state index in [1.165, 1.54) is 6.07 Å². The van der Waals surface area contributed by atoms with Crippen LogP contribution in [0.2, 0.25) is 0 Å². The topological polar surface area (TPSA) is 42.2 Å². The number of hydrogen-bond acceptors (Lipinski definition) is 3. The molecular formula is C16H17F3N4. The molecule has 2 heterocycles. The van der Waals surface area contributed by atoms with Crippen LogP contribution in [0.4, 0.5) is 19.0 Å². The van der Waals surface area contributed by atoms with E-state index < -0.39 is 11.7 Å². The molecule has 2 aromatic heterocycles. The van der Waals surface area contributed by atoms with Gasteiger partial charge in [0.1, 0.15) is 0 Å². The van der Waals surface area contributed by atoms with Crippen molar-refractivity contribution < 1.29 is 13.2 Å². The summed E-state index contributed by atoms with van der Waals surface area (Å²) in [6, 6.07) is 3.61. The van der Waals surface area contributed by atoms with Crippen molar-refractivity contribution in [2.24, 2.45) is 0 Å². The van der Waals surface area contributed by atoms with Crippen molar-refractivity contribution in [2.45, 2.75) is 32.9 Å². The second kappa shape index (κ2) is 5.72. The second-order valence-electron chi connectivity index (χ2n) is 5.50. The van der Waals surface area contributed by atoms with Crippen LogP contribution in [-0.2, 0) is 6.18 Å². The first kappa shape index (κ1) is 15.6. The lowest BCUT2D eigenvalue weighted by Gasteiger charge is -2.12. The molecule has 7 heteroatoms. The van der Waals surface area contributed by atoms with E-state index in [9.17, 15) is 13.2 Å². The molecular weight excluding hydrogens is 305 g/mol. The number of imidazole rings is 1. The monoisotopic (exact) mass is 322 g/mol. The third-order valence-corrected chi connectivity index (χ3v) is 3.75. The molecule has 0 fully saturated rings. The molecule has 0 saturated heterocycles. The lowest BCUT2D eigenvalue weighted by atomic mass is 10.2. The highest BCUT2D eigenvalue weighted by molar-refractivity contribution is 5.84. The first-order chi connectivity index (χ1) is 10.9. The van der Waals surface area contributed by atoms with Gasteiger partial charge in [0.05, 0.1) is 16.6 Å². The van der Waals surface area contributed by atoms with E-state index >= 15 is 0 Å². The van der Waals surface area contributed by atoms with Gasteiger partial charge in [-0.2, -0.15) is 13.2 Å². The highest BCUT2D eigenvalue weighted by Gasteiger charge is 2.31. The summed E-state index contributed by atoms with van der Waals surface area (Å²) in [5.41, 5.74) is 1.70. The zero-order valence-corrected chi connectivity index (χ0v) is 12.9. The molecule has 0 saturated carbocycles. The number of benzene rings is 1. The van der Waals surface area contributed by atoms with Crippen molar-refractivity contribution in [3.05, 3.63) is 35.7 Å². The Labute approximate surface area is 131 Å². The van der Waals surface area contributed by atoms with Gasteiger partial charge in [-0.3, -0.25) is 4.40 Å². The lowest BCUT2D eigenvalue weighted by Crippen LogP contribution is -2.08. The van der Waals surface area contributed by atoms with E-state index in [2.05, 4.69) is 22.2 Å². The van der Waals surface area contributed by atoms with Gasteiger partial charge >= 0.3 is 6.18 Å². The first-order valence-corrected chi connectivity index (χ1v) is 7.50. The number of alkyl halides is 3. The molecule has 0 unspecified atom stereocenters. The Kier molecular flexibility index (Phi) is 3.87. The summed E-state index contributed by atoms with van der Waals surface area (Å²) >= 11 is 0. The van der Waals surface area contributed by atoms with Crippen LogP contribution in [0.15, 0.2) is 24.4 Å². The van der Waals surface area contributed by atoms with Crippen LogP contribution in [-0.4, -0.2) is 20.9 Å². The van der Waals surface area contributed by atoms with E-state index in [-0.39, 0.29) is 0 Å². The van der Waals surface area contributed by atoms with Crippen molar-refractivity contribution in [1.29, 1.82) is 0 Å². The quantitative estimate of drug-likeness (QED) is 0.723. The maximum absolute atomic E-state index is 12.9. The van der Waals surface area contributed by atoms with Gasteiger partial charge in [0.25, 0.3) is 0 Å². The molecule has 0 bridgehead atoms. The van der Waals surface area contributed by atoms with Crippen molar-refractivity contribution in [1.82, 2.24) is 14.4 Å². The number of rotatable bonds is 4. The van der Waals surface area contributed by atoms with E-state index in [0.717, 1.165) is 30.7 Å². The van der Waals surface area contributed by atoms with Crippen LogP contribution in [0.25, 0.3) is 16.7 Å². The minimum Gasteiger partial charge on any atom is -0.367 e. The number of nitrogens with one attached hydrogen (secondary N) is 1. The summed E-state index contributed by atoms with van der Waals surface area (Å²) in [5.74, 6) is 0.512. The Bertz CT molecular complexity index is 852. The fourth-order valence-electron chi connectivity index (χ4n) is 2.56. The Hall–Kier alpha value is -2.31. The Balaban J connectivity index is 2.21. The van der Waals surface area contributed by atoms with Crippen LogP contribution in [0.5, 0.6) is 0 Å². The van der Waals surface area contributed by atoms with Gasteiger partial charge < -0.3 is 5.32 Å². The summed E-state index contributed by atoms with van der Waals surface area (Å²) < 4.78 is 40.6. The Morgan fingerprint density at radius 2 is 2.04 bits per heavy atom. The SMILES string of the molecule is CCCCNc1nc2cc(C(F)(F)F)ccc2n2c(C)cnc12. The third-order valence-electron chi connectivity index (χ3n) is 3.75. The standard InChI is InChI=1S/C16H17F3N4/c1-3-4-7-20-14-15-21-9-10(2)23(15)13-6-5-11(16(17,18)19)8-12(13)22-14/h5-6,8-9H,3-4,7H2,1-2H3,(H,20,22). The normalized spacial score (nSPS) is 12.2. The van der Waals surface area contributed by atoms with Crippen LogP contribution in [0.1, 0.15) is 31.0 Å². The molecule has 0 atom stereocenters. The first-order valence-electron chi connectivity index (χ1n) is 7.50. The molecule has 3 rings (SSSR count). The zero-order chi connectivity index (χ0) is 16.6. The van der Waals surface area contributed by atoms with Crippen LogP contribution >= 0.6 is 0 Å². The molecule has 0 aliphatic rings. The molecule has 122 valence electrons. The highest BCUT2D eigenvalue weighted by Crippen LogP contribution is 2.32. The maximum atomic E-state index is 12.9. The number of hydrogen-bond donors (Lipinski definition) is 1. The highest BCUT2D eigenvalue weighted by atomic mass is 19.4. The van der Waals surface area contributed by atoms with Gasteiger partial charge in [-0.15, -0.1) is 0 Å². The van der Waals surface area contributed by atoms with Gasteiger partial charge in [-0.05, 0) is 31.5 Å². The van der Waals surface area contributed by atoms with Gasteiger partial charge in [0.15, 0.2) is 11.5 Å². The number of anilines is 1. The van der Waals surface area contributed by atoms with Crippen LogP contribution < -0.4 is 5.32 Å². The van der Waals surface area contributed by atoms with E-state index in [0.29, 0.717) is 29.0 Å². The van der Waals surface area contributed by atoms with Gasteiger partial charge in [-0.1, -0.05) is 13.3 Å². The van der Waals surface area contributed by atoms with Crippen molar-refractivity contribution in [3.8, 4) is 0 Å². The largest absolute Gasteiger partial charge is 0.416 e. The van der Waals surface area contributed by atoms with Crippen LogP contribution in [0, 0.1) is 6.92 Å². The predicted octanol–water partition coefficient (Wildman–Crippen LogP) is 4.42. The Morgan fingerprint density at radius 3 is 2.74 bits per heavy atom. The molecule has 1 aromatic carbocycles. The van der Waals surface area contributed by atoms with E-state index in [1.54, 1.807) is 6.20 Å². The van der Waals surface area contributed by atoms with Gasteiger partial charge in [0, 0.05) is 18.4 Å². The summed E-state index contributed by atoms with van der Waals surface area (Å²) in [6.45, 7) is 4.64. The molecule has 0 radical (unpaired) electrons. The third kappa shape index (κ3) is 2.83. The summed E-state index contributed by atoms with van der Waals surface area (Å²) in [5, 5.41) is 3.18. The average molecular weight is 322 g/mol. The van der Waals surface area contributed by atoms with E-state index in [4.69, 9.17) is 0 Å². The molecule has 0 amide bonds. The average Bonchev–Trinajstić information content (AvgIpc) is 2.88. The Morgan fingerprint density at radius 1 is 1.26 bits per heavy atom. The minimum atomic E-state index is -4.38. The van der Waals surface area contributed by atoms with Crippen molar-refractivity contribution in [3.63, 3.8) is 0 Å². The van der Waals surface area contributed by atoms with E-state index in [1.807, 2.05) is 11.3 Å². The van der Waals surface area contributed by atoms with Gasteiger partial charge in [0.2, 0.25) is 0 Å². The molecule has 23 heavy (non-hydrogen) atoms. The zero-order valence-electron chi connectivity index (χ0n) is 12.9. The maximum Gasteiger partial charge on any atom is 0.416 e. The number of nitrogens with zero attached hydrogens (tertiary/aromatic N) is 3. The minimum absolute atomic E-state index is 0.299. The van der Waals surface area contributed by atoms with Crippen molar-refractivity contribution >= 4 is 22.5 Å².